The van der Waals surface area contributed by atoms with E-state index in [1.165, 1.54) is 23.3 Å². The molecular weight excluding hydrogens is 391 g/mol. The van der Waals surface area contributed by atoms with E-state index in [0.29, 0.717) is 13.0 Å². The van der Waals surface area contributed by atoms with Crippen LogP contribution in [0.4, 0.5) is 4.39 Å². The van der Waals surface area contributed by atoms with Gasteiger partial charge in [-0.2, -0.15) is 0 Å². The quantitative estimate of drug-likeness (QED) is 0.488. The minimum Gasteiger partial charge on any atom is -0.494 e. The van der Waals surface area contributed by atoms with Gasteiger partial charge >= 0.3 is 0 Å². The summed E-state index contributed by atoms with van der Waals surface area (Å²) in [5.74, 6) is -0.0876. The number of hydrogen-bond donors (Lipinski definition) is 0. The van der Waals surface area contributed by atoms with Crippen LogP contribution in [0.1, 0.15) is 23.5 Å². The first-order valence-corrected chi connectivity index (χ1v) is 9.36. The maximum Gasteiger partial charge on any atom is 0.165 e. The zero-order valence-corrected chi connectivity index (χ0v) is 15.9. The van der Waals surface area contributed by atoms with E-state index in [2.05, 4.69) is 28.1 Å². The van der Waals surface area contributed by atoms with Crippen molar-refractivity contribution in [2.75, 3.05) is 13.7 Å². The van der Waals surface area contributed by atoms with E-state index in [0.717, 1.165) is 14.9 Å². The summed E-state index contributed by atoms with van der Waals surface area (Å²) in [5.41, 5.74) is 0.982. The van der Waals surface area contributed by atoms with E-state index < -0.39 is 0 Å². The summed E-state index contributed by atoms with van der Waals surface area (Å²) < 4.78 is 27.0. The van der Waals surface area contributed by atoms with Gasteiger partial charge in [-0.25, -0.2) is 4.39 Å². The Morgan fingerprint density at radius 2 is 2.00 bits per heavy atom. The van der Waals surface area contributed by atoms with Crippen molar-refractivity contribution in [1.82, 2.24) is 0 Å². The molecule has 0 aliphatic rings. The second-order valence-electron chi connectivity index (χ2n) is 5.39. The van der Waals surface area contributed by atoms with Gasteiger partial charge in [-0.05, 0) is 46.6 Å². The van der Waals surface area contributed by atoms with Gasteiger partial charge in [0.15, 0.2) is 11.6 Å². The van der Waals surface area contributed by atoms with Crippen LogP contribution in [-0.2, 0) is 11.2 Å². The van der Waals surface area contributed by atoms with Crippen LogP contribution >= 0.6 is 27.3 Å². The largest absolute Gasteiger partial charge is 0.494 e. The lowest BCUT2D eigenvalue weighted by Gasteiger charge is -2.17. The highest BCUT2D eigenvalue weighted by molar-refractivity contribution is 9.10. The molecular formula is C19H18BrFO2S. The van der Waals surface area contributed by atoms with Crippen molar-refractivity contribution in [1.29, 1.82) is 0 Å². The van der Waals surface area contributed by atoms with E-state index in [9.17, 15) is 4.39 Å². The van der Waals surface area contributed by atoms with Gasteiger partial charge in [-0.15, -0.1) is 11.3 Å². The molecule has 24 heavy (non-hydrogen) atoms. The number of benzene rings is 2. The Hall–Kier alpha value is -1.43. The molecule has 3 aromatic rings. The van der Waals surface area contributed by atoms with Crippen LogP contribution in [0.25, 0.3) is 10.1 Å². The number of halogens is 2. The third kappa shape index (κ3) is 3.48. The van der Waals surface area contributed by atoms with Crippen molar-refractivity contribution in [3.05, 3.63) is 63.2 Å². The lowest BCUT2D eigenvalue weighted by atomic mass is 10.1. The second-order valence-corrected chi connectivity index (χ2v) is 7.27. The van der Waals surface area contributed by atoms with Gasteiger partial charge in [-0.1, -0.05) is 24.3 Å². The highest BCUT2D eigenvalue weighted by Crippen LogP contribution is 2.41. The Morgan fingerprint density at radius 3 is 2.71 bits per heavy atom. The lowest BCUT2D eigenvalue weighted by Crippen LogP contribution is -2.07. The van der Waals surface area contributed by atoms with Gasteiger partial charge in [0.05, 0.1) is 13.2 Å². The molecule has 126 valence electrons. The molecule has 0 radical (unpaired) electrons. The third-order valence-electron chi connectivity index (χ3n) is 3.86. The molecule has 0 amide bonds. The van der Waals surface area contributed by atoms with Crippen molar-refractivity contribution in [2.24, 2.45) is 0 Å². The Labute approximate surface area is 153 Å². The molecule has 1 aromatic heterocycles. The lowest BCUT2D eigenvalue weighted by molar-refractivity contribution is 0.0649. The first-order valence-electron chi connectivity index (χ1n) is 7.75. The highest BCUT2D eigenvalue weighted by atomic mass is 79.9. The maximum absolute atomic E-state index is 13.6. The van der Waals surface area contributed by atoms with Crippen molar-refractivity contribution in [3.8, 4) is 5.75 Å². The molecule has 1 heterocycles. The Bertz CT molecular complexity index is 846. The van der Waals surface area contributed by atoms with Gasteiger partial charge in [0.25, 0.3) is 0 Å². The minimum atomic E-state index is -0.350. The molecule has 3 rings (SSSR count). The third-order valence-corrected chi connectivity index (χ3v) is 6.24. The minimum absolute atomic E-state index is 0.0862. The van der Waals surface area contributed by atoms with E-state index in [1.807, 2.05) is 19.1 Å². The normalized spacial score (nSPS) is 12.5. The molecule has 0 saturated carbocycles. The Balaban J connectivity index is 1.95. The Kier molecular flexibility index (Phi) is 5.54. The van der Waals surface area contributed by atoms with Crippen molar-refractivity contribution in [2.45, 2.75) is 19.4 Å². The summed E-state index contributed by atoms with van der Waals surface area (Å²) in [7, 11) is 1.48. The van der Waals surface area contributed by atoms with Crippen molar-refractivity contribution >= 4 is 37.4 Å². The fourth-order valence-electron chi connectivity index (χ4n) is 2.71. The van der Waals surface area contributed by atoms with Gasteiger partial charge in [0.1, 0.15) is 0 Å². The summed E-state index contributed by atoms with van der Waals surface area (Å²) in [6.45, 7) is 2.60. The summed E-state index contributed by atoms with van der Waals surface area (Å²) in [4.78, 5) is 1.15. The SMILES string of the molecule is CCOC(Cc1ccc(F)c(OC)c1)c1sc2ccccc2c1Br. The molecule has 2 aromatic carbocycles. The molecule has 2 nitrogen and oxygen atoms in total. The van der Waals surface area contributed by atoms with Crippen LogP contribution in [-0.4, -0.2) is 13.7 Å². The van der Waals surface area contributed by atoms with Crippen LogP contribution in [0.3, 0.4) is 0 Å². The van der Waals surface area contributed by atoms with Crippen LogP contribution in [0, 0.1) is 5.82 Å². The average Bonchev–Trinajstić information content (AvgIpc) is 2.93. The first kappa shape index (κ1) is 17.4. The summed E-state index contributed by atoms with van der Waals surface area (Å²) in [5, 5.41) is 1.19. The molecule has 0 N–H and O–H groups in total. The van der Waals surface area contributed by atoms with E-state index in [1.54, 1.807) is 23.5 Å². The molecule has 5 heteroatoms. The van der Waals surface area contributed by atoms with Crippen molar-refractivity contribution in [3.63, 3.8) is 0 Å². The predicted octanol–water partition coefficient (Wildman–Crippen LogP) is 6.13. The van der Waals surface area contributed by atoms with Gasteiger partial charge < -0.3 is 9.47 Å². The fraction of sp³-hybridized carbons (Fsp3) is 0.263. The second kappa shape index (κ2) is 7.64. The average molecular weight is 409 g/mol. The number of thiophene rings is 1. The molecule has 0 bridgehead atoms. The number of methoxy groups -OCH3 is 1. The zero-order chi connectivity index (χ0) is 17.1. The van der Waals surface area contributed by atoms with Gasteiger partial charge in [0.2, 0.25) is 0 Å². The molecule has 0 saturated heterocycles. The van der Waals surface area contributed by atoms with E-state index in [4.69, 9.17) is 9.47 Å². The number of ether oxygens (including phenoxy) is 2. The van der Waals surface area contributed by atoms with Crippen LogP contribution in [0.5, 0.6) is 5.75 Å². The predicted molar refractivity (Wildman–Crippen MR) is 101 cm³/mol. The monoisotopic (exact) mass is 408 g/mol. The number of rotatable bonds is 6. The molecule has 0 spiro atoms. The van der Waals surface area contributed by atoms with Gasteiger partial charge in [-0.3, -0.25) is 0 Å². The summed E-state index contributed by atoms with van der Waals surface area (Å²) >= 11 is 5.45. The smallest absolute Gasteiger partial charge is 0.165 e. The molecule has 1 unspecified atom stereocenters. The Morgan fingerprint density at radius 1 is 1.21 bits per heavy atom. The van der Waals surface area contributed by atoms with Crippen LogP contribution < -0.4 is 4.74 Å². The van der Waals surface area contributed by atoms with Crippen LogP contribution in [0.15, 0.2) is 46.9 Å². The number of fused-ring (bicyclic) bond motifs is 1. The standard InChI is InChI=1S/C19H18BrFO2S/c1-3-23-16(11-12-8-9-14(21)15(10-12)22-2)19-18(20)13-6-4-5-7-17(13)24-19/h4-10,16H,3,11H2,1-2H3. The van der Waals surface area contributed by atoms with Gasteiger partial charge in [0, 0.05) is 32.5 Å². The maximum atomic E-state index is 13.6. The molecule has 1 atom stereocenters. The van der Waals surface area contributed by atoms with Crippen molar-refractivity contribution < 1.29 is 13.9 Å². The topological polar surface area (TPSA) is 18.5 Å². The molecule has 0 fully saturated rings. The summed E-state index contributed by atoms with van der Waals surface area (Å²) in [6, 6.07) is 13.2. The van der Waals surface area contributed by atoms with E-state index in [-0.39, 0.29) is 17.7 Å². The zero-order valence-electron chi connectivity index (χ0n) is 13.5. The van der Waals surface area contributed by atoms with E-state index >= 15 is 0 Å². The highest BCUT2D eigenvalue weighted by Gasteiger charge is 2.21. The molecule has 0 aliphatic carbocycles. The summed E-state index contributed by atoms with van der Waals surface area (Å²) in [6.07, 6.45) is 0.576. The van der Waals surface area contributed by atoms with Crippen LogP contribution in [0.2, 0.25) is 0 Å². The first-order chi connectivity index (χ1) is 11.6. The number of hydrogen-bond acceptors (Lipinski definition) is 3. The molecule has 0 aliphatic heterocycles. The fourth-order valence-corrected chi connectivity index (χ4v) is 4.83.